The van der Waals surface area contributed by atoms with Crippen molar-refractivity contribution in [3.8, 4) is 0 Å². The van der Waals surface area contributed by atoms with E-state index in [2.05, 4.69) is 0 Å². The molecular formula is C14H29NO3S. The maximum Gasteiger partial charge on any atom is 0.214 e. The minimum Gasteiger partial charge on any atom is -0.385 e. The van der Waals surface area contributed by atoms with E-state index in [4.69, 9.17) is 4.74 Å². The molecule has 1 saturated heterocycles. The van der Waals surface area contributed by atoms with Crippen LogP contribution in [0.15, 0.2) is 0 Å². The Morgan fingerprint density at radius 1 is 1.26 bits per heavy atom. The van der Waals surface area contributed by atoms with Gasteiger partial charge in [-0.25, -0.2) is 12.7 Å². The molecule has 19 heavy (non-hydrogen) atoms. The maximum absolute atomic E-state index is 12.5. The molecule has 4 nitrogen and oxygen atoms in total. The summed E-state index contributed by atoms with van der Waals surface area (Å²) in [5.41, 5.74) is -0.187. The Balaban J connectivity index is 2.69. The van der Waals surface area contributed by atoms with Crippen molar-refractivity contribution in [3.05, 3.63) is 0 Å². The smallest absolute Gasteiger partial charge is 0.214 e. The second-order valence-electron chi connectivity index (χ2n) is 6.82. The fourth-order valence-corrected chi connectivity index (χ4v) is 4.73. The van der Waals surface area contributed by atoms with E-state index >= 15 is 0 Å². The highest BCUT2D eigenvalue weighted by Crippen LogP contribution is 2.25. The zero-order valence-electron chi connectivity index (χ0n) is 12.8. The van der Waals surface area contributed by atoms with Crippen molar-refractivity contribution in [1.82, 2.24) is 4.31 Å². The third kappa shape index (κ3) is 6.23. The Morgan fingerprint density at radius 3 is 2.53 bits per heavy atom. The lowest BCUT2D eigenvalue weighted by Gasteiger charge is -2.27. The third-order valence-corrected chi connectivity index (χ3v) is 5.82. The lowest BCUT2D eigenvalue weighted by molar-refractivity contribution is 0.171. The quantitative estimate of drug-likeness (QED) is 0.782. The molecule has 1 aliphatic rings. The topological polar surface area (TPSA) is 46.6 Å². The number of sulfonamides is 1. The molecule has 1 heterocycles. The van der Waals surface area contributed by atoms with E-state index in [0.717, 1.165) is 32.3 Å². The second-order valence-corrected chi connectivity index (χ2v) is 8.79. The minimum atomic E-state index is -3.13. The Morgan fingerprint density at radius 2 is 1.95 bits per heavy atom. The third-order valence-electron chi connectivity index (χ3n) is 3.47. The SMILES string of the molecule is COCC[C@H]1CCCCN(S(=O)(=O)CC(C)(C)C)C1. The van der Waals surface area contributed by atoms with Crippen LogP contribution in [0.5, 0.6) is 0 Å². The summed E-state index contributed by atoms with van der Waals surface area (Å²) in [6.07, 6.45) is 4.17. The monoisotopic (exact) mass is 291 g/mol. The Hall–Kier alpha value is -0.130. The Bertz CT molecular complexity index is 359. The van der Waals surface area contributed by atoms with Crippen molar-refractivity contribution >= 4 is 10.0 Å². The molecule has 1 fully saturated rings. The average molecular weight is 291 g/mol. The summed E-state index contributed by atoms with van der Waals surface area (Å²) < 4.78 is 31.8. The van der Waals surface area contributed by atoms with Gasteiger partial charge in [-0.15, -0.1) is 0 Å². The molecule has 114 valence electrons. The molecule has 1 aliphatic heterocycles. The van der Waals surface area contributed by atoms with Gasteiger partial charge < -0.3 is 4.74 Å². The summed E-state index contributed by atoms with van der Waals surface area (Å²) in [4.78, 5) is 0. The molecule has 0 aromatic heterocycles. The summed E-state index contributed by atoms with van der Waals surface area (Å²) in [5.74, 6) is 0.675. The molecule has 0 unspecified atom stereocenters. The van der Waals surface area contributed by atoms with Crippen LogP contribution in [0.25, 0.3) is 0 Å². The first-order chi connectivity index (χ1) is 8.74. The molecule has 0 amide bonds. The highest BCUT2D eigenvalue weighted by Gasteiger charge is 2.30. The molecule has 0 aliphatic carbocycles. The molecule has 0 saturated carbocycles. The second kappa shape index (κ2) is 7.04. The number of hydrogen-bond donors (Lipinski definition) is 0. The van der Waals surface area contributed by atoms with E-state index in [1.807, 2.05) is 20.8 Å². The molecule has 0 bridgehead atoms. The first kappa shape index (κ1) is 16.9. The summed E-state index contributed by atoms with van der Waals surface area (Å²) in [6, 6.07) is 0. The van der Waals surface area contributed by atoms with Crippen LogP contribution in [-0.4, -0.2) is 45.3 Å². The molecule has 0 spiro atoms. The zero-order valence-corrected chi connectivity index (χ0v) is 13.6. The maximum atomic E-state index is 12.5. The van der Waals surface area contributed by atoms with Gasteiger partial charge in [-0.1, -0.05) is 27.2 Å². The number of nitrogens with zero attached hydrogens (tertiary/aromatic N) is 1. The van der Waals surface area contributed by atoms with Crippen LogP contribution in [0.1, 0.15) is 46.5 Å². The van der Waals surface area contributed by atoms with Gasteiger partial charge in [-0.2, -0.15) is 0 Å². The van der Waals surface area contributed by atoms with Gasteiger partial charge in [-0.05, 0) is 30.6 Å². The van der Waals surface area contributed by atoms with Gasteiger partial charge in [0, 0.05) is 26.8 Å². The van der Waals surface area contributed by atoms with E-state index in [9.17, 15) is 8.42 Å². The molecule has 0 aromatic rings. The summed E-state index contributed by atoms with van der Waals surface area (Å²) in [6.45, 7) is 8.00. The van der Waals surface area contributed by atoms with Crippen LogP contribution in [0.3, 0.4) is 0 Å². The molecular weight excluding hydrogens is 262 g/mol. The predicted molar refractivity (Wildman–Crippen MR) is 78.6 cm³/mol. The normalized spacial score (nSPS) is 23.3. The minimum absolute atomic E-state index is 0.187. The average Bonchev–Trinajstić information content (AvgIpc) is 2.48. The number of rotatable bonds is 5. The van der Waals surface area contributed by atoms with Crippen molar-refractivity contribution in [2.45, 2.75) is 46.5 Å². The molecule has 5 heteroatoms. The number of hydrogen-bond acceptors (Lipinski definition) is 3. The van der Waals surface area contributed by atoms with Crippen LogP contribution in [0, 0.1) is 11.3 Å². The van der Waals surface area contributed by atoms with Crippen molar-refractivity contribution in [2.75, 3.05) is 32.6 Å². The number of ether oxygens (including phenoxy) is 1. The first-order valence-corrected chi connectivity index (χ1v) is 8.82. The van der Waals surface area contributed by atoms with Gasteiger partial charge in [0.1, 0.15) is 0 Å². The fourth-order valence-electron chi connectivity index (χ4n) is 2.60. The molecule has 0 N–H and O–H groups in total. The summed E-state index contributed by atoms with van der Waals surface area (Å²) >= 11 is 0. The van der Waals surface area contributed by atoms with Gasteiger partial charge in [0.2, 0.25) is 10.0 Å². The van der Waals surface area contributed by atoms with E-state index < -0.39 is 10.0 Å². The van der Waals surface area contributed by atoms with Gasteiger partial charge >= 0.3 is 0 Å². The Labute approximate surface area is 118 Å². The zero-order chi connectivity index (χ0) is 14.5. The van der Waals surface area contributed by atoms with Crippen molar-refractivity contribution in [1.29, 1.82) is 0 Å². The van der Waals surface area contributed by atoms with E-state index in [0.29, 0.717) is 19.0 Å². The van der Waals surface area contributed by atoms with Crippen molar-refractivity contribution < 1.29 is 13.2 Å². The number of methoxy groups -OCH3 is 1. The standard InChI is InChI=1S/C14H29NO3S/c1-14(2,3)12-19(16,17)15-9-6-5-7-13(11-15)8-10-18-4/h13H,5-12H2,1-4H3/t13-/m1/s1. The van der Waals surface area contributed by atoms with Gasteiger partial charge in [0.05, 0.1) is 5.75 Å². The Kier molecular flexibility index (Phi) is 6.27. The lowest BCUT2D eigenvalue weighted by atomic mass is 10.0. The van der Waals surface area contributed by atoms with Crippen LogP contribution in [-0.2, 0) is 14.8 Å². The largest absolute Gasteiger partial charge is 0.385 e. The van der Waals surface area contributed by atoms with Crippen LogP contribution < -0.4 is 0 Å². The van der Waals surface area contributed by atoms with Gasteiger partial charge in [0.25, 0.3) is 0 Å². The van der Waals surface area contributed by atoms with Crippen molar-refractivity contribution in [3.63, 3.8) is 0 Å². The highest BCUT2D eigenvalue weighted by molar-refractivity contribution is 7.89. The van der Waals surface area contributed by atoms with Crippen LogP contribution >= 0.6 is 0 Å². The highest BCUT2D eigenvalue weighted by atomic mass is 32.2. The van der Waals surface area contributed by atoms with Crippen molar-refractivity contribution in [2.24, 2.45) is 11.3 Å². The molecule has 0 aromatic carbocycles. The van der Waals surface area contributed by atoms with Crippen LogP contribution in [0.2, 0.25) is 0 Å². The first-order valence-electron chi connectivity index (χ1n) is 7.21. The van der Waals surface area contributed by atoms with Gasteiger partial charge in [-0.3, -0.25) is 0 Å². The predicted octanol–water partition coefficient (Wildman–Crippen LogP) is 2.50. The fraction of sp³-hybridized carbons (Fsp3) is 1.00. The molecule has 0 radical (unpaired) electrons. The molecule has 1 atom stereocenters. The summed E-state index contributed by atoms with van der Waals surface area (Å²) in [7, 11) is -1.43. The van der Waals surface area contributed by atoms with E-state index in [1.54, 1.807) is 11.4 Å². The molecule has 1 rings (SSSR count). The lowest BCUT2D eigenvalue weighted by Crippen LogP contribution is -2.39. The van der Waals surface area contributed by atoms with E-state index in [-0.39, 0.29) is 11.2 Å². The van der Waals surface area contributed by atoms with Crippen LogP contribution in [0.4, 0.5) is 0 Å². The summed E-state index contributed by atoms with van der Waals surface area (Å²) in [5, 5.41) is 0. The van der Waals surface area contributed by atoms with Gasteiger partial charge in [0.15, 0.2) is 0 Å². The van der Waals surface area contributed by atoms with E-state index in [1.165, 1.54) is 0 Å².